The molecule has 1 N–H and O–H groups in total. The standard InChI is InChI=1S/C13H18BrN/c1-10(2)7-8-15-11(3)12-5-4-6-13(14)9-12/h4-6,9,11,15H,1,7-8H2,2-3H3. The second-order valence-electron chi connectivity index (χ2n) is 3.94. The summed E-state index contributed by atoms with van der Waals surface area (Å²) < 4.78 is 1.13. The fraction of sp³-hybridized carbons (Fsp3) is 0.385. The van der Waals surface area contributed by atoms with Gasteiger partial charge in [-0.05, 0) is 44.5 Å². The Hall–Kier alpha value is -0.600. The first-order chi connectivity index (χ1) is 7.09. The van der Waals surface area contributed by atoms with E-state index in [1.165, 1.54) is 11.1 Å². The molecule has 0 saturated carbocycles. The highest BCUT2D eigenvalue weighted by atomic mass is 79.9. The van der Waals surface area contributed by atoms with Crippen molar-refractivity contribution in [2.75, 3.05) is 6.54 Å². The van der Waals surface area contributed by atoms with Crippen molar-refractivity contribution in [3.8, 4) is 0 Å². The molecule has 2 heteroatoms. The predicted octanol–water partition coefficient (Wildman–Crippen LogP) is 4.07. The molecule has 1 atom stereocenters. The molecule has 0 fully saturated rings. The van der Waals surface area contributed by atoms with Gasteiger partial charge in [-0.15, -0.1) is 6.58 Å². The normalized spacial score (nSPS) is 12.5. The van der Waals surface area contributed by atoms with Crippen molar-refractivity contribution in [3.63, 3.8) is 0 Å². The number of benzene rings is 1. The van der Waals surface area contributed by atoms with Crippen LogP contribution in [0, 0.1) is 0 Å². The summed E-state index contributed by atoms with van der Waals surface area (Å²) in [5, 5.41) is 3.48. The van der Waals surface area contributed by atoms with Crippen LogP contribution in [0.5, 0.6) is 0 Å². The van der Waals surface area contributed by atoms with E-state index in [1.807, 2.05) is 6.07 Å². The van der Waals surface area contributed by atoms with Crippen LogP contribution < -0.4 is 5.32 Å². The summed E-state index contributed by atoms with van der Waals surface area (Å²) in [4.78, 5) is 0. The third-order valence-corrected chi connectivity index (χ3v) is 2.84. The highest BCUT2D eigenvalue weighted by Crippen LogP contribution is 2.17. The summed E-state index contributed by atoms with van der Waals surface area (Å²) in [6.45, 7) is 9.12. The Bertz CT molecular complexity index is 333. The average molecular weight is 268 g/mol. The summed E-state index contributed by atoms with van der Waals surface area (Å²) in [5.74, 6) is 0. The fourth-order valence-electron chi connectivity index (χ4n) is 1.40. The Morgan fingerprint density at radius 2 is 2.27 bits per heavy atom. The molecule has 0 aliphatic carbocycles. The van der Waals surface area contributed by atoms with Crippen molar-refractivity contribution < 1.29 is 0 Å². The molecule has 0 radical (unpaired) electrons. The highest BCUT2D eigenvalue weighted by Gasteiger charge is 2.03. The largest absolute Gasteiger partial charge is 0.310 e. The lowest BCUT2D eigenvalue weighted by Gasteiger charge is -2.14. The van der Waals surface area contributed by atoms with Gasteiger partial charge < -0.3 is 5.32 Å². The van der Waals surface area contributed by atoms with E-state index in [2.05, 4.69) is 59.9 Å². The second-order valence-corrected chi connectivity index (χ2v) is 4.85. The van der Waals surface area contributed by atoms with Crippen molar-refractivity contribution in [2.45, 2.75) is 26.3 Å². The van der Waals surface area contributed by atoms with Gasteiger partial charge in [0.2, 0.25) is 0 Å². The Balaban J connectivity index is 2.46. The monoisotopic (exact) mass is 267 g/mol. The van der Waals surface area contributed by atoms with E-state index in [9.17, 15) is 0 Å². The van der Waals surface area contributed by atoms with Crippen LogP contribution in [-0.4, -0.2) is 6.54 Å². The summed E-state index contributed by atoms with van der Waals surface area (Å²) in [6, 6.07) is 8.80. The second kappa shape index (κ2) is 6.09. The Morgan fingerprint density at radius 1 is 1.53 bits per heavy atom. The number of hydrogen-bond donors (Lipinski definition) is 1. The lowest BCUT2D eigenvalue weighted by atomic mass is 10.1. The van der Waals surface area contributed by atoms with Crippen molar-refractivity contribution in [1.82, 2.24) is 5.32 Å². The predicted molar refractivity (Wildman–Crippen MR) is 70.0 cm³/mol. The van der Waals surface area contributed by atoms with Crippen LogP contribution in [0.15, 0.2) is 40.9 Å². The fourth-order valence-corrected chi connectivity index (χ4v) is 1.81. The molecule has 0 heterocycles. The lowest BCUT2D eigenvalue weighted by Crippen LogP contribution is -2.19. The molecule has 0 spiro atoms. The zero-order chi connectivity index (χ0) is 11.3. The van der Waals surface area contributed by atoms with Crippen LogP contribution in [-0.2, 0) is 0 Å². The molecule has 1 nitrogen and oxygen atoms in total. The smallest absolute Gasteiger partial charge is 0.0292 e. The Labute approximate surface area is 101 Å². The summed E-state index contributed by atoms with van der Waals surface area (Å²) in [5.41, 5.74) is 2.54. The average Bonchev–Trinajstić information content (AvgIpc) is 2.17. The molecular weight excluding hydrogens is 250 g/mol. The van der Waals surface area contributed by atoms with Crippen molar-refractivity contribution in [1.29, 1.82) is 0 Å². The highest BCUT2D eigenvalue weighted by molar-refractivity contribution is 9.10. The van der Waals surface area contributed by atoms with Gasteiger partial charge in [0.05, 0.1) is 0 Å². The molecule has 0 amide bonds. The van der Waals surface area contributed by atoms with E-state index in [0.717, 1.165) is 17.4 Å². The van der Waals surface area contributed by atoms with Crippen molar-refractivity contribution >= 4 is 15.9 Å². The molecule has 1 unspecified atom stereocenters. The van der Waals surface area contributed by atoms with Gasteiger partial charge in [-0.1, -0.05) is 33.6 Å². The third-order valence-electron chi connectivity index (χ3n) is 2.35. The molecule has 1 aromatic rings. The minimum absolute atomic E-state index is 0.391. The molecule has 0 bridgehead atoms. The van der Waals surface area contributed by atoms with Gasteiger partial charge >= 0.3 is 0 Å². The first-order valence-electron chi connectivity index (χ1n) is 5.23. The molecule has 0 aliphatic heterocycles. The number of nitrogens with one attached hydrogen (secondary N) is 1. The van der Waals surface area contributed by atoms with Gasteiger partial charge in [0.15, 0.2) is 0 Å². The summed E-state index contributed by atoms with van der Waals surface area (Å²) >= 11 is 3.48. The van der Waals surface area contributed by atoms with Gasteiger partial charge in [-0.3, -0.25) is 0 Å². The van der Waals surface area contributed by atoms with Gasteiger partial charge in [0.25, 0.3) is 0 Å². The maximum absolute atomic E-state index is 3.89. The van der Waals surface area contributed by atoms with Crippen LogP contribution in [0.1, 0.15) is 31.9 Å². The van der Waals surface area contributed by atoms with E-state index in [1.54, 1.807) is 0 Å². The minimum atomic E-state index is 0.391. The third kappa shape index (κ3) is 4.63. The van der Waals surface area contributed by atoms with Crippen molar-refractivity contribution in [2.24, 2.45) is 0 Å². The van der Waals surface area contributed by atoms with E-state index in [-0.39, 0.29) is 0 Å². The molecule has 15 heavy (non-hydrogen) atoms. The molecule has 1 aromatic carbocycles. The van der Waals surface area contributed by atoms with E-state index >= 15 is 0 Å². The maximum Gasteiger partial charge on any atom is 0.0292 e. The lowest BCUT2D eigenvalue weighted by molar-refractivity contribution is 0.576. The van der Waals surface area contributed by atoms with E-state index in [4.69, 9.17) is 0 Å². The van der Waals surface area contributed by atoms with Crippen LogP contribution in [0.4, 0.5) is 0 Å². The first kappa shape index (κ1) is 12.5. The zero-order valence-electron chi connectivity index (χ0n) is 9.39. The summed E-state index contributed by atoms with van der Waals surface area (Å²) in [6.07, 6.45) is 1.04. The van der Waals surface area contributed by atoms with E-state index < -0.39 is 0 Å². The molecule has 0 aliphatic rings. The number of hydrogen-bond acceptors (Lipinski definition) is 1. The molecular formula is C13H18BrN. The Kier molecular flexibility index (Phi) is 5.06. The van der Waals surface area contributed by atoms with Crippen LogP contribution in [0.2, 0.25) is 0 Å². The number of halogens is 1. The SMILES string of the molecule is C=C(C)CCNC(C)c1cccc(Br)c1. The molecule has 82 valence electrons. The zero-order valence-corrected chi connectivity index (χ0v) is 11.0. The molecule has 0 saturated heterocycles. The Morgan fingerprint density at radius 3 is 2.87 bits per heavy atom. The molecule has 1 rings (SSSR count). The minimum Gasteiger partial charge on any atom is -0.310 e. The van der Waals surface area contributed by atoms with Gasteiger partial charge in [-0.2, -0.15) is 0 Å². The topological polar surface area (TPSA) is 12.0 Å². The first-order valence-corrected chi connectivity index (χ1v) is 6.02. The quantitative estimate of drug-likeness (QED) is 0.794. The number of rotatable bonds is 5. The van der Waals surface area contributed by atoms with Gasteiger partial charge in [0, 0.05) is 10.5 Å². The maximum atomic E-state index is 3.89. The van der Waals surface area contributed by atoms with Gasteiger partial charge in [-0.25, -0.2) is 0 Å². The summed E-state index contributed by atoms with van der Waals surface area (Å²) in [7, 11) is 0. The van der Waals surface area contributed by atoms with Gasteiger partial charge in [0.1, 0.15) is 0 Å². The van der Waals surface area contributed by atoms with Crippen molar-refractivity contribution in [3.05, 3.63) is 46.5 Å². The van der Waals surface area contributed by atoms with Crippen LogP contribution in [0.3, 0.4) is 0 Å². The van der Waals surface area contributed by atoms with Crippen LogP contribution in [0.25, 0.3) is 0 Å². The van der Waals surface area contributed by atoms with E-state index in [0.29, 0.717) is 6.04 Å². The molecule has 0 aromatic heterocycles. The van der Waals surface area contributed by atoms with Crippen LogP contribution >= 0.6 is 15.9 Å².